The van der Waals surface area contributed by atoms with Gasteiger partial charge in [-0.15, -0.1) is 0 Å². The Morgan fingerprint density at radius 2 is 1.65 bits per heavy atom. The van der Waals surface area contributed by atoms with Crippen LogP contribution in [0, 0.1) is 0 Å². The van der Waals surface area contributed by atoms with Gasteiger partial charge in [-0.1, -0.05) is 0 Å². The number of anilines is 1. The minimum Gasteiger partial charge on any atom is -0.497 e. The van der Waals surface area contributed by atoms with E-state index in [1.165, 1.54) is 0 Å². The van der Waals surface area contributed by atoms with Gasteiger partial charge in [0, 0.05) is 56.0 Å². The predicted molar refractivity (Wildman–Crippen MR) is 101 cm³/mol. The Labute approximate surface area is 155 Å². The number of piperidine rings is 1. The normalized spacial score (nSPS) is 14.9. The smallest absolute Gasteiger partial charge is 0.322 e. The first-order valence-electron chi connectivity index (χ1n) is 8.93. The molecule has 1 aromatic rings. The lowest BCUT2D eigenvalue weighted by atomic mass is 10.0. The number of ether oxygens (including phenoxy) is 2. The van der Waals surface area contributed by atoms with Crippen molar-refractivity contribution in [1.29, 1.82) is 0 Å². The van der Waals surface area contributed by atoms with Crippen molar-refractivity contribution < 1.29 is 19.1 Å². The van der Waals surface area contributed by atoms with Crippen molar-refractivity contribution >= 4 is 17.6 Å². The molecule has 1 fully saturated rings. The number of urea groups is 1. The molecule has 0 radical (unpaired) electrons. The molecule has 1 saturated heterocycles. The predicted octanol–water partition coefficient (Wildman–Crippen LogP) is 2.96. The zero-order valence-electron chi connectivity index (χ0n) is 16.2. The second-order valence-corrected chi connectivity index (χ2v) is 6.77. The van der Waals surface area contributed by atoms with Gasteiger partial charge in [0.2, 0.25) is 5.91 Å². The van der Waals surface area contributed by atoms with Gasteiger partial charge in [0.15, 0.2) is 0 Å². The van der Waals surface area contributed by atoms with Crippen molar-refractivity contribution in [2.75, 3.05) is 32.6 Å². The molecule has 7 heteroatoms. The third kappa shape index (κ3) is 4.80. The van der Waals surface area contributed by atoms with Crippen LogP contribution in [0.25, 0.3) is 0 Å². The summed E-state index contributed by atoms with van der Waals surface area (Å²) in [6.07, 6.45) is 1.57. The van der Waals surface area contributed by atoms with Crippen molar-refractivity contribution in [3.63, 3.8) is 0 Å². The van der Waals surface area contributed by atoms with Crippen LogP contribution >= 0.6 is 0 Å². The van der Waals surface area contributed by atoms with Crippen LogP contribution in [0.5, 0.6) is 11.5 Å². The number of benzene rings is 1. The van der Waals surface area contributed by atoms with Crippen molar-refractivity contribution in [3.8, 4) is 11.5 Å². The highest BCUT2D eigenvalue weighted by atomic mass is 16.5. The molecule has 1 aliphatic rings. The maximum absolute atomic E-state index is 12.9. The molecule has 1 N–H and O–H groups in total. The fourth-order valence-corrected chi connectivity index (χ4v) is 3.35. The van der Waals surface area contributed by atoms with Crippen LogP contribution in [0.4, 0.5) is 10.5 Å². The van der Waals surface area contributed by atoms with Gasteiger partial charge in [0.05, 0.1) is 14.2 Å². The van der Waals surface area contributed by atoms with Crippen LogP contribution in [-0.4, -0.2) is 61.1 Å². The molecule has 3 amide bonds. The van der Waals surface area contributed by atoms with E-state index < -0.39 is 0 Å². The van der Waals surface area contributed by atoms with Crippen molar-refractivity contribution in [2.45, 2.75) is 45.7 Å². The first-order valence-corrected chi connectivity index (χ1v) is 8.93. The molecule has 0 atom stereocenters. The number of nitrogens with one attached hydrogen (secondary N) is 1. The average Bonchev–Trinajstić information content (AvgIpc) is 2.61. The summed E-state index contributed by atoms with van der Waals surface area (Å²) < 4.78 is 10.5. The molecule has 0 aliphatic carbocycles. The Hall–Kier alpha value is -2.44. The summed E-state index contributed by atoms with van der Waals surface area (Å²) in [5.41, 5.74) is 0.623. The molecule has 0 aromatic heterocycles. The minimum absolute atomic E-state index is 0.0522. The Kier molecular flexibility index (Phi) is 6.71. The van der Waals surface area contributed by atoms with E-state index in [0.29, 0.717) is 30.3 Å². The van der Waals surface area contributed by atoms with E-state index in [1.807, 2.05) is 23.6 Å². The van der Waals surface area contributed by atoms with Gasteiger partial charge in [-0.2, -0.15) is 0 Å². The average molecular weight is 363 g/mol. The summed E-state index contributed by atoms with van der Waals surface area (Å²) in [5.74, 6) is 1.32. The third-order valence-electron chi connectivity index (χ3n) is 4.70. The molecule has 1 heterocycles. The van der Waals surface area contributed by atoms with E-state index in [2.05, 4.69) is 5.32 Å². The molecular formula is C19H29N3O4. The molecular weight excluding hydrogens is 334 g/mol. The number of rotatable bonds is 5. The maximum atomic E-state index is 12.9. The van der Waals surface area contributed by atoms with Gasteiger partial charge in [-0.25, -0.2) is 4.79 Å². The lowest BCUT2D eigenvalue weighted by Gasteiger charge is -2.40. The quantitative estimate of drug-likeness (QED) is 0.873. The lowest BCUT2D eigenvalue weighted by Crippen LogP contribution is -2.52. The molecule has 2 rings (SSSR count). The summed E-state index contributed by atoms with van der Waals surface area (Å²) in [7, 11) is 3.15. The van der Waals surface area contributed by atoms with Crippen LogP contribution < -0.4 is 14.8 Å². The number of carbonyl (C=O) groups excluding carboxylic acids is 2. The Balaban J connectivity index is 2.11. The van der Waals surface area contributed by atoms with Crippen molar-refractivity contribution in [3.05, 3.63) is 18.2 Å². The number of amides is 3. The molecule has 0 spiro atoms. The second kappa shape index (κ2) is 8.78. The van der Waals surface area contributed by atoms with Gasteiger partial charge in [0.25, 0.3) is 0 Å². The van der Waals surface area contributed by atoms with Crippen LogP contribution in [-0.2, 0) is 4.79 Å². The molecule has 0 bridgehead atoms. The SMILES string of the molecule is COc1cc(NC(=O)N(C(C)C)C2CCN(C(C)=O)CC2)cc(OC)c1. The summed E-state index contributed by atoms with van der Waals surface area (Å²) in [4.78, 5) is 28.1. The topological polar surface area (TPSA) is 71.1 Å². The van der Waals surface area contributed by atoms with E-state index >= 15 is 0 Å². The zero-order chi connectivity index (χ0) is 19.3. The van der Waals surface area contributed by atoms with E-state index in [-0.39, 0.29) is 24.0 Å². The number of carbonyl (C=O) groups is 2. The van der Waals surface area contributed by atoms with Crippen LogP contribution in [0.15, 0.2) is 18.2 Å². The standard InChI is InChI=1S/C19H29N3O4/c1-13(2)22(16-6-8-21(9-7-16)14(3)23)19(24)20-15-10-17(25-4)12-18(11-15)26-5/h10-13,16H,6-9H2,1-5H3,(H,20,24). The van der Waals surface area contributed by atoms with Crippen molar-refractivity contribution in [1.82, 2.24) is 9.80 Å². The van der Waals surface area contributed by atoms with Gasteiger partial charge >= 0.3 is 6.03 Å². The molecule has 0 saturated carbocycles. The van der Waals surface area contributed by atoms with Gasteiger partial charge in [-0.05, 0) is 26.7 Å². The Morgan fingerprint density at radius 1 is 1.12 bits per heavy atom. The van der Waals surface area contributed by atoms with Crippen molar-refractivity contribution in [2.24, 2.45) is 0 Å². The molecule has 0 unspecified atom stereocenters. The van der Waals surface area contributed by atoms with Crippen LogP contribution in [0.1, 0.15) is 33.6 Å². The van der Waals surface area contributed by atoms with Crippen LogP contribution in [0.2, 0.25) is 0 Å². The Morgan fingerprint density at radius 3 is 2.08 bits per heavy atom. The largest absolute Gasteiger partial charge is 0.497 e. The maximum Gasteiger partial charge on any atom is 0.322 e. The highest BCUT2D eigenvalue weighted by Crippen LogP contribution is 2.27. The summed E-state index contributed by atoms with van der Waals surface area (Å²) in [6, 6.07) is 5.29. The number of methoxy groups -OCH3 is 2. The highest BCUT2D eigenvalue weighted by molar-refractivity contribution is 5.90. The number of likely N-dealkylation sites (tertiary alicyclic amines) is 1. The highest BCUT2D eigenvalue weighted by Gasteiger charge is 2.30. The molecule has 144 valence electrons. The van der Waals surface area contributed by atoms with Crippen LogP contribution in [0.3, 0.4) is 0 Å². The molecule has 26 heavy (non-hydrogen) atoms. The molecule has 1 aromatic carbocycles. The monoisotopic (exact) mass is 363 g/mol. The molecule has 7 nitrogen and oxygen atoms in total. The Bertz CT molecular complexity index is 617. The lowest BCUT2D eigenvalue weighted by molar-refractivity contribution is -0.130. The van der Waals surface area contributed by atoms with E-state index in [0.717, 1.165) is 12.8 Å². The number of nitrogens with zero attached hydrogens (tertiary/aromatic N) is 2. The van der Waals surface area contributed by atoms with E-state index in [4.69, 9.17) is 9.47 Å². The fourth-order valence-electron chi connectivity index (χ4n) is 3.35. The van der Waals surface area contributed by atoms with Gasteiger partial charge in [-0.3, -0.25) is 4.79 Å². The summed E-state index contributed by atoms with van der Waals surface area (Å²) in [6.45, 7) is 6.96. The van der Waals surface area contributed by atoms with E-state index in [1.54, 1.807) is 39.3 Å². The van der Waals surface area contributed by atoms with Gasteiger partial charge < -0.3 is 24.6 Å². The van der Waals surface area contributed by atoms with E-state index in [9.17, 15) is 9.59 Å². The van der Waals surface area contributed by atoms with Gasteiger partial charge in [0.1, 0.15) is 11.5 Å². The molecule has 1 aliphatic heterocycles. The first kappa shape index (κ1) is 19.9. The second-order valence-electron chi connectivity index (χ2n) is 6.77. The fraction of sp³-hybridized carbons (Fsp3) is 0.579. The zero-order valence-corrected chi connectivity index (χ0v) is 16.2. The number of hydrogen-bond donors (Lipinski definition) is 1. The summed E-state index contributed by atoms with van der Waals surface area (Å²) in [5, 5.41) is 2.95. The first-order chi connectivity index (χ1) is 12.3. The minimum atomic E-state index is -0.156. The third-order valence-corrected chi connectivity index (χ3v) is 4.70. The summed E-state index contributed by atoms with van der Waals surface area (Å²) >= 11 is 0. The number of hydrogen-bond acceptors (Lipinski definition) is 4.